The van der Waals surface area contributed by atoms with Crippen LogP contribution in [0.15, 0.2) is 24.3 Å². The predicted molar refractivity (Wildman–Crippen MR) is 96.4 cm³/mol. The average Bonchev–Trinajstić information content (AvgIpc) is 2.50. The molecular formula is C17H24Cl2N2O3. The minimum atomic E-state index is -0.496. The molecule has 1 aliphatic heterocycles. The fourth-order valence-electron chi connectivity index (χ4n) is 2.66. The highest BCUT2D eigenvalue weighted by Gasteiger charge is 2.41. The van der Waals surface area contributed by atoms with Gasteiger partial charge in [0.2, 0.25) is 5.91 Å². The summed E-state index contributed by atoms with van der Waals surface area (Å²) in [5.74, 6) is -0.193. The number of methoxy groups -OCH3 is 1. The van der Waals surface area contributed by atoms with Gasteiger partial charge in [-0.05, 0) is 44.0 Å². The zero-order valence-electron chi connectivity index (χ0n) is 14.0. The molecule has 1 fully saturated rings. The Morgan fingerprint density at radius 2 is 2.12 bits per heavy atom. The van der Waals surface area contributed by atoms with Crippen LogP contribution in [0.25, 0.3) is 0 Å². The van der Waals surface area contributed by atoms with Crippen molar-refractivity contribution in [2.24, 2.45) is 0 Å². The van der Waals surface area contributed by atoms with Crippen molar-refractivity contribution in [2.45, 2.75) is 38.3 Å². The summed E-state index contributed by atoms with van der Waals surface area (Å²) in [6, 6.07) is 7.49. The molecule has 7 heteroatoms. The van der Waals surface area contributed by atoms with Crippen LogP contribution in [0, 0.1) is 0 Å². The van der Waals surface area contributed by atoms with Gasteiger partial charge in [-0.2, -0.15) is 0 Å². The van der Waals surface area contributed by atoms with E-state index in [1.165, 1.54) is 7.11 Å². The van der Waals surface area contributed by atoms with Gasteiger partial charge >= 0.3 is 5.97 Å². The van der Waals surface area contributed by atoms with E-state index in [0.717, 1.165) is 18.5 Å². The molecule has 5 nitrogen and oxygen atoms in total. The third-order valence-electron chi connectivity index (χ3n) is 4.20. The summed E-state index contributed by atoms with van der Waals surface area (Å²) in [5, 5.41) is 3.85. The van der Waals surface area contributed by atoms with Gasteiger partial charge in [0.1, 0.15) is 0 Å². The molecule has 1 heterocycles. The molecule has 1 N–H and O–H groups in total. The zero-order valence-corrected chi connectivity index (χ0v) is 15.6. The highest BCUT2D eigenvalue weighted by atomic mass is 35.5. The van der Waals surface area contributed by atoms with Crippen molar-refractivity contribution in [2.75, 3.05) is 20.2 Å². The van der Waals surface area contributed by atoms with Gasteiger partial charge in [0.05, 0.1) is 12.6 Å². The van der Waals surface area contributed by atoms with E-state index < -0.39 is 5.54 Å². The first-order valence-electron chi connectivity index (χ1n) is 7.80. The fourth-order valence-corrected chi connectivity index (χ4v) is 2.87. The lowest BCUT2D eigenvalue weighted by Gasteiger charge is -2.42. The highest BCUT2D eigenvalue weighted by molar-refractivity contribution is 6.30. The van der Waals surface area contributed by atoms with Crippen LogP contribution < -0.4 is 5.32 Å². The van der Waals surface area contributed by atoms with Gasteiger partial charge < -0.3 is 15.0 Å². The third-order valence-corrected chi connectivity index (χ3v) is 4.43. The average molecular weight is 375 g/mol. The van der Waals surface area contributed by atoms with Crippen LogP contribution in [0.5, 0.6) is 0 Å². The van der Waals surface area contributed by atoms with Crippen molar-refractivity contribution in [1.29, 1.82) is 0 Å². The van der Waals surface area contributed by atoms with Crippen molar-refractivity contribution in [3.8, 4) is 0 Å². The third kappa shape index (κ3) is 5.36. The molecule has 1 amide bonds. The van der Waals surface area contributed by atoms with Crippen molar-refractivity contribution in [3.63, 3.8) is 0 Å². The van der Waals surface area contributed by atoms with Crippen LogP contribution in [0.1, 0.15) is 31.7 Å². The molecular weight excluding hydrogens is 351 g/mol. The quantitative estimate of drug-likeness (QED) is 0.745. The molecule has 1 aromatic rings. The lowest BCUT2D eigenvalue weighted by atomic mass is 9.88. The molecule has 0 saturated carbocycles. The summed E-state index contributed by atoms with van der Waals surface area (Å²) < 4.78 is 4.65. The number of hydrogen-bond acceptors (Lipinski definition) is 4. The molecule has 24 heavy (non-hydrogen) atoms. The summed E-state index contributed by atoms with van der Waals surface area (Å²) in [7, 11) is 1.37. The number of hydrogen-bond donors (Lipinski definition) is 1. The van der Waals surface area contributed by atoms with Gasteiger partial charge in [-0.1, -0.05) is 23.7 Å². The molecule has 134 valence electrons. The number of carbonyl (C=O) groups excluding carboxylic acids is 2. The van der Waals surface area contributed by atoms with Crippen molar-refractivity contribution in [3.05, 3.63) is 34.9 Å². The Morgan fingerprint density at radius 1 is 1.42 bits per heavy atom. The minimum absolute atomic E-state index is 0. The maximum Gasteiger partial charge on any atom is 0.305 e. The summed E-state index contributed by atoms with van der Waals surface area (Å²) in [5.41, 5.74) is 0.482. The van der Waals surface area contributed by atoms with E-state index in [0.29, 0.717) is 31.0 Å². The predicted octanol–water partition coefficient (Wildman–Crippen LogP) is 2.80. The highest BCUT2D eigenvalue weighted by Crippen LogP contribution is 2.23. The topological polar surface area (TPSA) is 58.6 Å². The molecule has 1 aromatic carbocycles. The second-order valence-corrected chi connectivity index (χ2v) is 6.48. The number of carbonyl (C=O) groups is 2. The molecule has 0 radical (unpaired) electrons. The van der Waals surface area contributed by atoms with E-state index in [2.05, 4.69) is 10.1 Å². The Kier molecular flexibility index (Phi) is 8.00. The maximum absolute atomic E-state index is 12.8. The van der Waals surface area contributed by atoms with Crippen molar-refractivity contribution < 1.29 is 14.3 Å². The number of nitrogens with zero attached hydrogens (tertiary/aromatic N) is 1. The minimum Gasteiger partial charge on any atom is -0.469 e. The van der Waals surface area contributed by atoms with Gasteiger partial charge in [-0.15, -0.1) is 12.4 Å². The lowest BCUT2D eigenvalue weighted by molar-refractivity contribution is -0.143. The molecule has 2 rings (SSSR count). The Balaban J connectivity index is 0.00000288. The Bertz CT molecular complexity index is 577. The van der Waals surface area contributed by atoms with Crippen LogP contribution in [-0.2, 0) is 20.9 Å². The monoisotopic (exact) mass is 374 g/mol. The number of nitrogens with one attached hydrogen (secondary N) is 1. The molecule has 1 saturated heterocycles. The van der Waals surface area contributed by atoms with Gasteiger partial charge in [-0.3, -0.25) is 9.59 Å². The number of rotatable bonds is 7. The molecule has 0 bridgehead atoms. The standard InChI is InChI=1S/C17H23ClN2O3.ClH/c1-17(8-9-19-17)16(22)20(10-4-7-15(21)23-2)12-13-5-3-6-14(18)11-13;/h3,5-6,11,19H,4,7-10,12H2,1-2H3;1H. The number of amides is 1. The smallest absolute Gasteiger partial charge is 0.305 e. The largest absolute Gasteiger partial charge is 0.469 e. The second kappa shape index (κ2) is 9.25. The SMILES string of the molecule is COC(=O)CCCN(Cc1cccc(Cl)c1)C(=O)C1(C)CCN1.Cl. The van der Waals surface area contributed by atoms with Gasteiger partial charge in [0.15, 0.2) is 0 Å². The summed E-state index contributed by atoms with van der Waals surface area (Å²) >= 11 is 6.02. The molecule has 1 aliphatic rings. The van der Waals surface area contributed by atoms with Crippen molar-refractivity contribution in [1.82, 2.24) is 10.2 Å². The van der Waals surface area contributed by atoms with Gasteiger partial charge in [0.25, 0.3) is 0 Å². The molecule has 0 aromatic heterocycles. The Morgan fingerprint density at radius 3 is 2.67 bits per heavy atom. The maximum atomic E-state index is 12.8. The molecule has 1 atom stereocenters. The molecule has 0 spiro atoms. The Labute approximate surface area is 154 Å². The lowest BCUT2D eigenvalue weighted by Crippen LogP contribution is -2.64. The van der Waals surface area contributed by atoms with Crippen LogP contribution in [0.4, 0.5) is 0 Å². The van der Waals surface area contributed by atoms with E-state index >= 15 is 0 Å². The number of benzene rings is 1. The fraction of sp³-hybridized carbons (Fsp3) is 0.529. The van der Waals surface area contributed by atoms with E-state index in [-0.39, 0.29) is 24.3 Å². The first kappa shape index (κ1) is 20.7. The van der Waals surface area contributed by atoms with E-state index in [1.54, 1.807) is 4.90 Å². The summed E-state index contributed by atoms with van der Waals surface area (Å²) in [6.07, 6.45) is 1.71. The van der Waals surface area contributed by atoms with E-state index in [9.17, 15) is 9.59 Å². The normalized spacial score (nSPS) is 19.0. The zero-order chi connectivity index (χ0) is 16.9. The molecule has 0 aliphatic carbocycles. The second-order valence-electron chi connectivity index (χ2n) is 6.05. The van der Waals surface area contributed by atoms with Crippen LogP contribution in [-0.4, -0.2) is 42.5 Å². The first-order valence-corrected chi connectivity index (χ1v) is 8.18. The Hall–Kier alpha value is -1.30. The summed E-state index contributed by atoms with van der Waals surface area (Å²) in [4.78, 5) is 25.9. The van der Waals surface area contributed by atoms with Crippen molar-refractivity contribution >= 4 is 35.9 Å². The number of halogens is 2. The summed E-state index contributed by atoms with van der Waals surface area (Å²) in [6.45, 7) is 3.77. The van der Waals surface area contributed by atoms with E-state index in [1.807, 2.05) is 31.2 Å². The first-order chi connectivity index (χ1) is 10.9. The van der Waals surface area contributed by atoms with Crippen LogP contribution >= 0.6 is 24.0 Å². The van der Waals surface area contributed by atoms with Crippen LogP contribution in [0.3, 0.4) is 0 Å². The van der Waals surface area contributed by atoms with Crippen LogP contribution in [0.2, 0.25) is 5.02 Å². The van der Waals surface area contributed by atoms with E-state index in [4.69, 9.17) is 11.6 Å². The van der Waals surface area contributed by atoms with Gasteiger partial charge in [-0.25, -0.2) is 0 Å². The van der Waals surface area contributed by atoms with Gasteiger partial charge in [0, 0.05) is 24.5 Å². The number of ether oxygens (including phenoxy) is 1. The number of esters is 1. The molecule has 1 unspecified atom stereocenters.